The number of nitrogens with zero attached hydrogens (tertiary/aromatic N) is 1. The van der Waals surface area contributed by atoms with E-state index in [0.717, 1.165) is 5.56 Å². The predicted octanol–water partition coefficient (Wildman–Crippen LogP) is 2.42. The van der Waals surface area contributed by atoms with Crippen LogP contribution in [0.25, 0.3) is 11.3 Å². The molecule has 1 aromatic carbocycles. The lowest BCUT2D eigenvalue weighted by Crippen LogP contribution is -2.39. The second-order valence-electron chi connectivity index (χ2n) is 5.28. The van der Waals surface area contributed by atoms with Crippen LogP contribution >= 0.6 is 11.8 Å². The van der Waals surface area contributed by atoms with E-state index in [2.05, 4.69) is 15.5 Å². The Labute approximate surface area is 128 Å². The number of hydrogen-bond acceptors (Lipinski definition) is 4. The number of aliphatic hydroxyl groups is 1. The Bertz CT molecular complexity index is 586. The SMILES string of the molecule is CSCC(C)(O)CNCc1cn[nH]c1-c1ccccc1F. The molecule has 0 saturated heterocycles. The first kappa shape index (κ1) is 16.0. The van der Waals surface area contributed by atoms with Crippen molar-refractivity contribution in [2.45, 2.75) is 19.1 Å². The molecular formula is C15H20FN3OS. The fourth-order valence-corrected chi connectivity index (χ4v) is 2.89. The number of benzene rings is 1. The van der Waals surface area contributed by atoms with Crippen LogP contribution in [0.15, 0.2) is 30.5 Å². The second kappa shape index (κ2) is 7.06. The number of aromatic nitrogens is 2. The maximum atomic E-state index is 13.8. The summed E-state index contributed by atoms with van der Waals surface area (Å²) in [6.45, 7) is 2.78. The van der Waals surface area contributed by atoms with Gasteiger partial charge in [0.2, 0.25) is 0 Å². The molecule has 4 nitrogen and oxygen atoms in total. The van der Waals surface area contributed by atoms with E-state index in [9.17, 15) is 9.50 Å². The summed E-state index contributed by atoms with van der Waals surface area (Å²) in [5, 5.41) is 20.1. The van der Waals surface area contributed by atoms with E-state index < -0.39 is 5.60 Å². The van der Waals surface area contributed by atoms with Crippen molar-refractivity contribution in [1.29, 1.82) is 0 Å². The quantitative estimate of drug-likeness (QED) is 0.735. The minimum absolute atomic E-state index is 0.280. The molecule has 114 valence electrons. The Morgan fingerprint density at radius 3 is 2.90 bits per heavy atom. The first-order chi connectivity index (χ1) is 10.0. The molecule has 6 heteroatoms. The molecule has 1 heterocycles. The van der Waals surface area contributed by atoms with Crippen molar-refractivity contribution in [3.05, 3.63) is 41.8 Å². The number of hydrogen-bond donors (Lipinski definition) is 3. The minimum atomic E-state index is -0.763. The smallest absolute Gasteiger partial charge is 0.132 e. The zero-order valence-electron chi connectivity index (χ0n) is 12.2. The summed E-state index contributed by atoms with van der Waals surface area (Å²) >= 11 is 1.60. The Hall–Kier alpha value is -1.37. The normalized spacial score (nSPS) is 14.1. The maximum Gasteiger partial charge on any atom is 0.132 e. The molecule has 0 amide bonds. The van der Waals surface area contributed by atoms with Gasteiger partial charge in [0.15, 0.2) is 0 Å². The highest BCUT2D eigenvalue weighted by atomic mass is 32.2. The molecule has 0 radical (unpaired) electrons. The highest BCUT2D eigenvalue weighted by molar-refractivity contribution is 7.98. The second-order valence-corrected chi connectivity index (χ2v) is 6.15. The Balaban J connectivity index is 2.03. The van der Waals surface area contributed by atoms with Crippen molar-refractivity contribution in [2.75, 3.05) is 18.6 Å². The van der Waals surface area contributed by atoms with Crippen molar-refractivity contribution in [2.24, 2.45) is 0 Å². The highest BCUT2D eigenvalue weighted by Gasteiger charge is 2.19. The van der Waals surface area contributed by atoms with Crippen LogP contribution in [0.5, 0.6) is 0 Å². The zero-order chi connectivity index (χ0) is 15.3. The molecule has 21 heavy (non-hydrogen) atoms. The van der Waals surface area contributed by atoms with Crippen molar-refractivity contribution in [3.63, 3.8) is 0 Å². The van der Waals surface area contributed by atoms with Crippen LogP contribution in [0.1, 0.15) is 12.5 Å². The van der Waals surface area contributed by atoms with Crippen LogP contribution < -0.4 is 5.32 Å². The first-order valence-electron chi connectivity index (χ1n) is 6.73. The van der Waals surface area contributed by atoms with Gasteiger partial charge in [0, 0.05) is 30.0 Å². The van der Waals surface area contributed by atoms with Crippen LogP contribution in [0.4, 0.5) is 4.39 Å². The summed E-state index contributed by atoms with van der Waals surface area (Å²) in [7, 11) is 0. The molecule has 0 aliphatic rings. The van der Waals surface area contributed by atoms with Gasteiger partial charge in [-0.3, -0.25) is 5.10 Å². The summed E-state index contributed by atoms with van der Waals surface area (Å²) in [6, 6.07) is 6.60. The van der Waals surface area contributed by atoms with Crippen LogP contribution in [-0.2, 0) is 6.54 Å². The molecule has 1 aromatic heterocycles. The number of halogens is 1. The molecule has 0 bridgehead atoms. The maximum absolute atomic E-state index is 13.8. The molecule has 0 aliphatic carbocycles. The fraction of sp³-hybridized carbons (Fsp3) is 0.400. The van der Waals surface area contributed by atoms with Gasteiger partial charge in [0.05, 0.1) is 17.5 Å². The molecule has 0 aliphatic heterocycles. The summed E-state index contributed by atoms with van der Waals surface area (Å²) in [4.78, 5) is 0. The van der Waals surface area contributed by atoms with Crippen LogP contribution in [0.2, 0.25) is 0 Å². The number of aromatic amines is 1. The molecule has 1 atom stereocenters. The van der Waals surface area contributed by atoms with E-state index in [4.69, 9.17) is 0 Å². The molecular weight excluding hydrogens is 289 g/mol. The van der Waals surface area contributed by atoms with Gasteiger partial charge in [0.1, 0.15) is 5.82 Å². The minimum Gasteiger partial charge on any atom is -0.388 e. The number of H-pyrrole nitrogens is 1. The fourth-order valence-electron chi connectivity index (χ4n) is 2.17. The topological polar surface area (TPSA) is 60.9 Å². The molecule has 0 spiro atoms. The van der Waals surface area contributed by atoms with Crippen LogP contribution in [-0.4, -0.2) is 39.5 Å². The van der Waals surface area contributed by atoms with Crippen molar-refractivity contribution >= 4 is 11.8 Å². The van der Waals surface area contributed by atoms with Crippen molar-refractivity contribution in [3.8, 4) is 11.3 Å². The van der Waals surface area contributed by atoms with E-state index in [0.29, 0.717) is 30.1 Å². The van der Waals surface area contributed by atoms with Crippen molar-refractivity contribution in [1.82, 2.24) is 15.5 Å². The molecule has 2 rings (SSSR count). The van der Waals surface area contributed by atoms with Gasteiger partial charge in [-0.1, -0.05) is 12.1 Å². The summed E-state index contributed by atoms with van der Waals surface area (Å²) in [5.41, 5.74) is 1.29. The van der Waals surface area contributed by atoms with E-state index >= 15 is 0 Å². The molecule has 3 N–H and O–H groups in total. The summed E-state index contributed by atoms with van der Waals surface area (Å²) in [6.07, 6.45) is 3.64. The molecule has 0 fully saturated rings. The van der Waals surface area contributed by atoms with Gasteiger partial charge in [0.25, 0.3) is 0 Å². The molecule has 1 unspecified atom stereocenters. The third-order valence-corrected chi connectivity index (χ3v) is 4.05. The highest BCUT2D eigenvalue weighted by Crippen LogP contribution is 2.23. The van der Waals surface area contributed by atoms with Gasteiger partial charge in [-0.15, -0.1) is 0 Å². The number of rotatable bonds is 7. The summed E-state index contributed by atoms with van der Waals surface area (Å²) in [5.74, 6) is 0.378. The average molecular weight is 309 g/mol. The van der Waals surface area contributed by atoms with E-state index in [-0.39, 0.29) is 5.82 Å². The third kappa shape index (κ3) is 4.30. The average Bonchev–Trinajstić information content (AvgIpc) is 2.87. The van der Waals surface area contributed by atoms with Gasteiger partial charge in [-0.05, 0) is 25.3 Å². The first-order valence-corrected chi connectivity index (χ1v) is 8.12. The lowest BCUT2D eigenvalue weighted by molar-refractivity contribution is 0.0846. The number of nitrogens with one attached hydrogen (secondary N) is 2. The predicted molar refractivity (Wildman–Crippen MR) is 84.7 cm³/mol. The van der Waals surface area contributed by atoms with E-state index in [1.165, 1.54) is 6.07 Å². The van der Waals surface area contributed by atoms with Gasteiger partial charge < -0.3 is 10.4 Å². The van der Waals surface area contributed by atoms with E-state index in [1.54, 1.807) is 43.1 Å². The van der Waals surface area contributed by atoms with Gasteiger partial charge in [-0.2, -0.15) is 16.9 Å². The standard InChI is InChI=1S/C15H20FN3OS/c1-15(20,10-21-2)9-17-7-11-8-18-19-14(11)12-5-3-4-6-13(12)16/h3-6,8,17,20H,7,9-10H2,1-2H3,(H,18,19). The van der Waals surface area contributed by atoms with Gasteiger partial charge in [-0.25, -0.2) is 4.39 Å². The lowest BCUT2D eigenvalue weighted by Gasteiger charge is -2.22. The zero-order valence-corrected chi connectivity index (χ0v) is 13.0. The Morgan fingerprint density at radius 1 is 1.43 bits per heavy atom. The lowest BCUT2D eigenvalue weighted by atomic mass is 10.1. The molecule has 0 saturated carbocycles. The number of thioether (sulfide) groups is 1. The van der Waals surface area contributed by atoms with Crippen LogP contribution in [0, 0.1) is 5.82 Å². The largest absolute Gasteiger partial charge is 0.388 e. The summed E-state index contributed by atoms with van der Waals surface area (Å²) < 4.78 is 13.8. The van der Waals surface area contributed by atoms with Crippen molar-refractivity contribution < 1.29 is 9.50 Å². The monoisotopic (exact) mass is 309 g/mol. The molecule has 2 aromatic rings. The van der Waals surface area contributed by atoms with Gasteiger partial charge >= 0.3 is 0 Å². The third-order valence-electron chi connectivity index (χ3n) is 3.14. The van der Waals surface area contributed by atoms with Crippen LogP contribution in [0.3, 0.4) is 0 Å². The Morgan fingerprint density at radius 2 is 2.19 bits per heavy atom. The van der Waals surface area contributed by atoms with E-state index in [1.807, 2.05) is 6.26 Å². The Kier molecular flexibility index (Phi) is 5.39.